The van der Waals surface area contributed by atoms with Crippen LogP contribution in [-0.4, -0.2) is 42.1 Å². The number of para-hydroxylation sites is 2. The molecule has 7 nitrogen and oxygen atoms in total. The van der Waals surface area contributed by atoms with Gasteiger partial charge < -0.3 is 19.7 Å². The number of carbonyl (C=O) groups is 3. The molecule has 0 unspecified atom stereocenters. The number of ketones is 2. The lowest BCUT2D eigenvalue weighted by Crippen LogP contribution is -2.49. The molecule has 0 aliphatic carbocycles. The first kappa shape index (κ1) is 27.4. The minimum absolute atomic E-state index is 0.197. The molecular weight excluding hydrogens is 552 g/mol. The van der Waals surface area contributed by atoms with Gasteiger partial charge in [-0.05, 0) is 65.2 Å². The van der Waals surface area contributed by atoms with Crippen LogP contribution in [0.25, 0.3) is 6.08 Å². The van der Waals surface area contributed by atoms with Crippen LogP contribution in [0.4, 0.5) is 5.69 Å². The standard InChI is InChI=1S/C37H30N2O5/c1-3-22-44-30-15-9-6-12-27(30)34(41)31-32(33(40)24-16-18-25(43-2)19-17-24)39-21-20-23-10-4-5-11-26(23)35(39)37(31)28-13-7-8-14-29(28)38-36(37)42/h3-21,31-32,35H,1,22H2,2H3,(H,38,42)/t31-,32+,35-,37-/m0/s1. The van der Waals surface area contributed by atoms with Gasteiger partial charge in [-0.1, -0.05) is 67.3 Å². The van der Waals surface area contributed by atoms with Gasteiger partial charge >= 0.3 is 0 Å². The second kappa shape index (κ2) is 10.7. The molecule has 1 amide bonds. The zero-order valence-corrected chi connectivity index (χ0v) is 24.1. The molecule has 0 saturated carbocycles. The molecule has 3 heterocycles. The number of rotatable bonds is 8. The minimum Gasteiger partial charge on any atom is -0.497 e. The molecule has 0 radical (unpaired) electrons. The van der Waals surface area contributed by atoms with Gasteiger partial charge in [0.25, 0.3) is 0 Å². The Kier molecular flexibility index (Phi) is 6.66. The molecule has 1 spiro atoms. The van der Waals surface area contributed by atoms with Crippen molar-refractivity contribution in [1.29, 1.82) is 0 Å². The smallest absolute Gasteiger partial charge is 0.238 e. The van der Waals surface area contributed by atoms with E-state index in [2.05, 4.69) is 11.9 Å². The van der Waals surface area contributed by atoms with E-state index in [-0.39, 0.29) is 24.1 Å². The number of fused-ring (bicyclic) bond motifs is 6. The van der Waals surface area contributed by atoms with E-state index in [4.69, 9.17) is 9.47 Å². The highest BCUT2D eigenvalue weighted by molar-refractivity contribution is 6.17. The van der Waals surface area contributed by atoms with Crippen molar-refractivity contribution in [2.75, 3.05) is 19.0 Å². The largest absolute Gasteiger partial charge is 0.497 e. The molecule has 44 heavy (non-hydrogen) atoms. The zero-order chi connectivity index (χ0) is 30.4. The maximum Gasteiger partial charge on any atom is 0.238 e. The Labute approximate surface area is 255 Å². The zero-order valence-electron chi connectivity index (χ0n) is 24.1. The number of anilines is 1. The maximum absolute atomic E-state index is 15.1. The summed E-state index contributed by atoms with van der Waals surface area (Å²) in [7, 11) is 1.56. The summed E-state index contributed by atoms with van der Waals surface area (Å²) in [5, 5.41) is 3.08. The molecule has 4 aromatic rings. The normalized spacial score (nSPS) is 22.5. The van der Waals surface area contributed by atoms with Gasteiger partial charge in [0, 0.05) is 17.5 Å². The molecule has 7 heteroatoms. The number of hydrogen-bond acceptors (Lipinski definition) is 6. The van der Waals surface area contributed by atoms with Gasteiger partial charge in [-0.2, -0.15) is 0 Å². The highest BCUT2D eigenvalue weighted by Gasteiger charge is 2.70. The Bertz CT molecular complexity index is 1840. The molecule has 1 saturated heterocycles. The average Bonchev–Trinajstić information content (AvgIpc) is 3.55. The first-order chi connectivity index (χ1) is 21.5. The summed E-state index contributed by atoms with van der Waals surface area (Å²) in [5.41, 5.74) is 2.44. The summed E-state index contributed by atoms with van der Waals surface area (Å²) in [5.74, 6) is -1.04. The average molecular weight is 583 g/mol. The summed E-state index contributed by atoms with van der Waals surface area (Å²) < 4.78 is 11.3. The number of benzene rings is 4. The number of Topliss-reactive ketones (excluding diaryl/α,β-unsaturated/α-hetero) is 2. The Morgan fingerprint density at radius 3 is 2.45 bits per heavy atom. The summed E-state index contributed by atoms with van der Waals surface area (Å²) in [6.45, 7) is 3.94. The summed E-state index contributed by atoms with van der Waals surface area (Å²) in [6.07, 6.45) is 5.42. The first-order valence-electron chi connectivity index (χ1n) is 14.5. The van der Waals surface area contributed by atoms with Gasteiger partial charge in [0.05, 0.1) is 24.6 Å². The quantitative estimate of drug-likeness (QED) is 0.196. The Hall–Kier alpha value is -5.43. The predicted molar refractivity (Wildman–Crippen MR) is 168 cm³/mol. The molecule has 1 N–H and O–H groups in total. The van der Waals surface area contributed by atoms with Crippen molar-refractivity contribution >= 4 is 29.2 Å². The van der Waals surface area contributed by atoms with E-state index < -0.39 is 23.4 Å². The molecule has 3 aliphatic heterocycles. The monoisotopic (exact) mass is 582 g/mol. The van der Waals surface area contributed by atoms with Crippen LogP contribution in [0, 0.1) is 5.92 Å². The fourth-order valence-electron chi connectivity index (χ4n) is 7.21. The topological polar surface area (TPSA) is 84.9 Å². The van der Waals surface area contributed by atoms with Gasteiger partial charge in [0.15, 0.2) is 11.6 Å². The fourth-order valence-corrected chi connectivity index (χ4v) is 7.21. The SMILES string of the molecule is C=CCOc1ccccc1C(=O)[C@@H]1[C@H](C(=O)c2ccc(OC)cc2)N2C=Cc3ccccc3[C@H]2[C@@]12C(=O)Nc1ccccc12. The molecule has 0 aromatic heterocycles. The van der Waals surface area contributed by atoms with Crippen LogP contribution in [0.2, 0.25) is 0 Å². The summed E-state index contributed by atoms with van der Waals surface area (Å²) >= 11 is 0. The highest BCUT2D eigenvalue weighted by atomic mass is 16.5. The molecule has 7 rings (SSSR count). The van der Waals surface area contributed by atoms with Crippen LogP contribution < -0.4 is 14.8 Å². The highest BCUT2D eigenvalue weighted by Crippen LogP contribution is 2.62. The third kappa shape index (κ3) is 3.93. The third-order valence-electron chi connectivity index (χ3n) is 9.01. The van der Waals surface area contributed by atoms with E-state index in [9.17, 15) is 9.59 Å². The molecule has 218 valence electrons. The summed E-state index contributed by atoms with van der Waals surface area (Å²) in [4.78, 5) is 46.4. The number of carbonyl (C=O) groups excluding carboxylic acids is 3. The second-order valence-corrected chi connectivity index (χ2v) is 11.1. The summed E-state index contributed by atoms with van der Waals surface area (Å²) in [6, 6.07) is 27.5. The van der Waals surface area contributed by atoms with E-state index in [0.29, 0.717) is 33.9 Å². The lowest BCUT2D eigenvalue weighted by Gasteiger charge is -2.38. The molecule has 0 bridgehead atoms. The van der Waals surface area contributed by atoms with Crippen LogP contribution in [0.15, 0.2) is 116 Å². The van der Waals surface area contributed by atoms with Gasteiger partial charge in [-0.3, -0.25) is 14.4 Å². The number of amides is 1. The predicted octanol–water partition coefficient (Wildman–Crippen LogP) is 6.24. The number of hydrogen-bond donors (Lipinski definition) is 1. The number of nitrogens with zero attached hydrogens (tertiary/aromatic N) is 1. The van der Waals surface area contributed by atoms with Crippen molar-refractivity contribution in [1.82, 2.24) is 4.90 Å². The van der Waals surface area contributed by atoms with Crippen LogP contribution in [0.5, 0.6) is 11.5 Å². The van der Waals surface area contributed by atoms with Crippen molar-refractivity contribution in [2.24, 2.45) is 5.92 Å². The molecule has 3 aliphatic rings. The Morgan fingerprint density at radius 1 is 0.932 bits per heavy atom. The lowest BCUT2D eigenvalue weighted by atomic mass is 9.62. The van der Waals surface area contributed by atoms with Crippen LogP contribution >= 0.6 is 0 Å². The molecule has 4 atom stereocenters. The number of methoxy groups -OCH3 is 1. The van der Waals surface area contributed by atoms with Gasteiger partial charge in [-0.25, -0.2) is 0 Å². The van der Waals surface area contributed by atoms with E-state index in [0.717, 1.165) is 11.1 Å². The van der Waals surface area contributed by atoms with Crippen molar-refractivity contribution < 1.29 is 23.9 Å². The Morgan fingerprint density at radius 2 is 1.66 bits per heavy atom. The fraction of sp³-hybridized carbons (Fsp3) is 0.162. The van der Waals surface area contributed by atoms with Crippen molar-refractivity contribution in [2.45, 2.75) is 17.5 Å². The van der Waals surface area contributed by atoms with Crippen LogP contribution in [0.1, 0.15) is 43.4 Å². The van der Waals surface area contributed by atoms with Gasteiger partial charge in [-0.15, -0.1) is 0 Å². The van der Waals surface area contributed by atoms with Crippen molar-refractivity contribution in [3.63, 3.8) is 0 Å². The second-order valence-electron chi connectivity index (χ2n) is 11.1. The molecular formula is C37H30N2O5. The molecule has 1 fully saturated rings. The van der Waals surface area contributed by atoms with Crippen molar-refractivity contribution in [3.8, 4) is 11.5 Å². The van der Waals surface area contributed by atoms with E-state index in [1.54, 1.807) is 61.7 Å². The van der Waals surface area contributed by atoms with E-state index in [1.807, 2.05) is 65.7 Å². The van der Waals surface area contributed by atoms with Gasteiger partial charge in [0.1, 0.15) is 29.6 Å². The first-order valence-corrected chi connectivity index (χ1v) is 14.5. The lowest BCUT2D eigenvalue weighted by molar-refractivity contribution is -0.122. The number of nitrogens with one attached hydrogen (secondary N) is 1. The minimum atomic E-state index is -1.42. The van der Waals surface area contributed by atoms with Crippen LogP contribution in [-0.2, 0) is 10.2 Å². The molecule has 4 aromatic carbocycles. The number of ether oxygens (including phenoxy) is 2. The van der Waals surface area contributed by atoms with Crippen molar-refractivity contribution in [3.05, 3.63) is 144 Å². The maximum atomic E-state index is 15.1. The Balaban J connectivity index is 1.51. The van der Waals surface area contributed by atoms with Crippen LogP contribution in [0.3, 0.4) is 0 Å². The van der Waals surface area contributed by atoms with E-state index >= 15 is 4.79 Å². The van der Waals surface area contributed by atoms with E-state index in [1.165, 1.54) is 0 Å². The third-order valence-corrected chi connectivity index (χ3v) is 9.01. The van der Waals surface area contributed by atoms with Gasteiger partial charge in [0.2, 0.25) is 5.91 Å².